The first-order chi connectivity index (χ1) is 14.8. The van der Waals surface area contributed by atoms with Gasteiger partial charge < -0.3 is 14.8 Å². The molecule has 0 aliphatic rings. The number of ether oxygens (including phenoxy) is 2. The molecule has 0 aromatic heterocycles. The molecular formula is C24H21Cl2NO4. The molecule has 0 aliphatic carbocycles. The van der Waals surface area contributed by atoms with Crippen molar-refractivity contribution >= 4 is 40.8 Å². The van der Waals surface area contributed by atoms with E-state index in [-0.39, 0.29) is 12.5 Å². The van der Waals surface area contributed by atoms with E-state index < -0.39 is 5.97 Å². The van der Waals surface area contributed by atoms with E-state index in [1.165, 1.54) is 17.7 Å². The molecule has 0 unspecified atom stereocenters. The zero-order valence-corrected chi connectivity index (χ0v) is 18.5. The van der Waals surface area contributed by atoms with Crippen LogP contribution in [0.1, 0.15) is 35.7 Å². The molecule has 0 aliphatic heterocycles. The molecule has 0 spiro atoms. The number of carbonyl (C=O) groups is 2. The number of hydrogen-bond acceptors (Lipinski definition) is 4. The summed E-state index contributed by atoms with van der Waals surface area (Å²) < 4.78 is 10.7. The van der Waals surface area contributed by atoms with Crippen molar-refractivity contribution in [3.63, 3.8) is 0 Å². The molecule has 5 nitrogen and oxygen atoms in total. The monoisotopic (exact) mass is 457 g/mol. The highest BCUT2D eigenvalue weighted by Crippen LogP contribution is 2.26. The van der Waals surface area contributed by atoms with Gasteiger partial charge in [0.25, 0.3) is 5.91 Å². The lowest BCUT2D eigenvalue weighted by molar-refractivity contribution is -0.136. The van der Waals surface area contributed by atoms with E-state index in [2.05, 4.69) is 19.2 Å². The molecule has 3 aromatic carbocycles. The van der Waals surface area contributed by atoms with Gasteiger partial charge in [0.05, 0.1) is 10.7 Å². The minimum absolute atomic E-state index is 0.226. The van der Waals surface area contributed by atoms with E-state index >= 15 is 0 Å². The lowest BCUT2D eigenvalue weighted by Crippen LogP contribution is -2.18. The Morgan fingerprint density at radius 2 is 1.55 bits per heavy atom. The number of hydrogen-bond donors (Lipinski definition) is 1. The molecule has 3 rings (SSSR count). The van der Waals surface area contributed by atoms with Gasteiger partial charge in [-0.05, 0) is 66.1 Å². The van der Waals surface area contributed by atoms with Crippen molar-refractivity contribution in [1.29, 1.82) is 0 Å². The van der Waals surface area contributed by atoms with Gasteiger partial charge in [-0.25, -0.2) is 4.79 Å². The van der Waals surface area contributed by atoms with Crippen LogP contribution in [-0.2, 0) is 4.79 Å². The van der Waals surface area contributed by atoms with E-state index in [1.807, 2.05) is 24.3 Å². The van der Waals surface area contributed by atoms with Crippen LogP contribution >= 0.6 is 23.2 Å². The maximum atomic E-state index is 12.4. The van der Waals surface area contributed by atoms with E-state index in [0.29, 0.717) is 38.7 Å². The molecule has 1 N–H and O–H groups in total. The van der Waals surface area contributed by atoms with Crippen LogP contribution in [0.2, 0.25) is 10.0 Å². The Morgan fingerprint density at radius 3 is 2.19 bits per heavy atom. The van der Waals surface area contributed by atoms with Crippen LogP contribution in [0.5, 0.6) is 11.5 Å². The molecule has 0 saturated heterocycles. The molecule has 0 bridgehead atoms. The standard InChI is InChI=1S/C24H21Cl2NO4/c1-15(2)16-3-8-19(9-4-16)30-14-23(28)31-20-10-5-17(6-11-20)24(29)27-22-13-18(25)7-12-21(22)26/h3-13,15H,14H2,1-2H3,(H,27,29). The van der Waals surface area contributed by atoms with Crippen molar-refractivity contribution in [2.24, 2.45) is 0 Å². The Balaban J connectivity index is 1.53. The second-order valence-electron chi connectivity index (χ2n) is 7.09. The minimum atomic E-state index is -0.546. The molecule has 1 amide bonds. The van der Waals surface area contributed by atoms with Gasteiger partial charge in [-0.1, -0.05) is 49.2 Å². The van der Waals surface area contributed by atoms with Crippen LogP contribution in [-0.4, -0.2) is 18.5 Å². The minimum Gasteiger partial charge on any atom is -0.482 e. The summed E-state index contributed by atoms with van der Waals surface area (Å²) in [5.74, 6) is 0.409. The number of carbonyl (C=O) groups excluding carboxylic acids is 2. The summed E-state index contributed by atoms with van der Waals surface area (Å²) >= 11 is 12.0. The molecule has 0 saturated carbocycles. The number of esters is 1. The number of nitrogens with one attached hydrogen (secondary N) is 1. The summed E-state index contributed by atoms with van der Waals surface area (Å²) in [4.78, 5) is 24.4. The van der Waals surface area contributed by atoms with E-state index in [1.54, 1.807) is 30.3 Å². The molecule has 0 fully saturated rings. The molecule has 0 heterocycles. The van der Waals surface area contributed by atoms with Crippen LogP contribution in [0.15, 0.2) is 66.7 Å². The highest BCUT2D eigenvalue weighted by atomic mass is 35.5. The fraction of sp³-hybridized carbons (Fsp3) is 0.167. The number of amides is 1. The summed E-state index contributed by atoms with van der Waals surface area (Å²) in [6.45, 7) is 3.99. The number of rotatable bonds is 7. The molecule has 0 atom stereocenters. The Hall–Kier alpha value is -3.02. The quantitative estimate of drug-likeness (QED) is 0.331. The Morgan fingerprint density at radius 1 is 0.903 bits per heavy atom. The summed E-state index contributed by atoms with van der Waals surface area (Å²) in [7, 11) is 0. The van der Waals surface area contributed by atoms with Crippen molar-refractivity contribution in [2.75, 3.05) is 11.9 Å². The van der Waals surface area contributed by atoms with E-state index in [9.17, 15) is 9.59 Å². The van der Waals surface area contributed by atoms with Gasteiger partial charge in [0.2, 0.25) is 0 Å². The predicted octanol–water partition coefficient (Wildman–Crippen LogP) is 6.35. The summed E-state index contributed by atoms with van der Waals surface area (Å²) in [5.41, 5.74) is 1.97. The van der Waals surface area contributed by atoms with Crippen LogP contribution in [0.3, 0.4) is 0 Å². The van der Waals surface area contributed by atoms with Crippen LogP contribution in [0.25, 0.3) is 0 Å². The van der Waals surface area contributed by atoms with Crippen LogP contribution < -0.4 is 14.8 Å². The van der Waals surface area contributed by atoms with Gasteiger partial charge in [-0.15, -0.1) is 0 Å². The Labute approximate surface area is 190 Å². The van der Waals surface area contributed by atoms with Gasteiger partial charge in [-0.3, -0.25) is 4.79 Å². The third-order valence-corrected chi connectivity index (χ3v) is 4.99. The third-order valence-electron chi connectivity index (χ3n) is 4.43. The summed E-state index contributed by atoms with van der Waals surface area (Å²) in [6, 6.07) is 18.5. The van der Waals surface area contributed by atoms with E-state index in [4.69, 9.17) is 32.7 Å². The van der Waals surface area contributed by atoms with Crippen LogP contribution in [0, 0.1) is 0 Å². The van der Waals surface area contributed by atoms with Gasteiger partial charge in [0.15, 0.2) is 6.61 Å². The smallest absolute Gasteiger partial charge is 0.349 e. The summed E-state index contributed by atoms with van der Waals surface area (Å²) in [6.07, 6.45) is 0. The second-order valence-corrected chi connectivity index (χ2v) is 7.93. The maximum Gasteiger partial charge on any atom is 0.349 e. The van der Waals surface area contributed by atoms with Gasteiger partial charge >= 0.3 is 5.97 Å². The molecule has 0 radical (unpaired) electrons. The summed E-state index contributed by atoms with van der Waals surface area (Å²) in [5, 5.41) is 3.53. The predicted molar refractivity (Wildman–Crippen MR) is 123 cm³/mol. The Bertz CT molecular complexity index is 1060. The van der Waals surface area contributed by atoms with E-state index in [0.717, 1.165) is 0 Å². The first-order valence-electron chi connectivity index (χ1n) is 9.61. The Kier molecular flexibility index (Phi) is 7.55. The van der Waals surface area contributed by atoms with Gasteiger partial charge in [0.1, 0.15) is 11.5 Å². The molecule has 160 valence electrons. The van der Waals surface area contributed by atoms with Crippen molar-refractivity contribution in [3.8, 4) is 11.5 Å². The first kappa shape index (κ1) is 22.7. The third kappa shape index (κ3) is 6.48. The van der Waals surface area contributed by atoms with Crippen molar-refractivity contribution < 1.29 is 19.1 Å². The number of benzene rings is 3. The average molecular weight is 458 g/mol. The maximum absolute atomic E-state index is 12.4. The molecule has 31 heavy (non-hydrogen) atoms. The lowest BCUT2D eigenvalue weighted by atomic mass is 10.0. The van der Waals surface area contributed by atoms with Crippen molar-refractivity contribution in [1.82, 2.24) is 0 Å². The van der Waals surface area contributed by atoms with Gasteiger partial charge in [0, 0.05) is 10.6 Å². The normalized spacial score (nSPS) is 10.6. The fourth-order valence-electron chi connectivity index (χ4n) is 2.71. The van der Waals surface area contributed by atoms with Crippen molar-refractivity contribution in [2.45, 2.75) is 19.8 Å². The fourth-order valence-corrected chi connectivity index (χ4v) is 3.05. The van der Waals surface area contributed by atoms with Crippen LogP contribution in [0.4, 0.5) is 5.69 Å². The first-order valence-corrected chi connectivity index (χ1v) is 10.4. The number of halogens is 2. The zero-order chi connectivity index (χ0) is 22.4. The van der Waals surface area contributed by atoms with Crippen molar-refractivity contribution in [3.05, 3.63) is 87.9 Å². The largest absolute Gasteiger partial charge is 0.482 e. The average Bonchev–Trinajstić information content (AvgIpc) is 2.75. The zero-order valence-electron chi connectivity index (χ0n) is 17.0. The topological polar surface area (TPSA) is 64.6 Å². The number of anilines is 1. The highest BCUT2D eigenvalue weighted by Gasteiger charge is 2.11. The molecule has 7 heteroatoms. The highest BCUT2D eigenvalue weighted by molar-refractivity contribution is 6.35. The second kappa shape index (κ2) is 10.3. The lowest BCUT2D eigenvalue weighted by Gasteiger charge is -2.10. The SMILES string of the molecule is CC(C)c1ccc(OCC(=O)Oc2ccc(C(=O)Nc3cc(Cl)ccc3Cl)cc2)cc1. The molecular weight excluding hydrogens is 437 g/mol. The molecule has 3 aromatic rings. The van der Waals surface area contributed by atoms with Gasteiger partial charge in [-0.2, -0.15) is 0 Å².